The summed E-state index contributed by atoms with van der Waals surface area (Å²) < 4.78 is 0. The average Bonchev–Trinajstić information content (AvgIpc) is 3.02. The van der Waals surface area contributed by atoms with E-state index in [4.69, 9.17) is 17.2 Å². The number of unbranched alkanes of at least 4 members (excludes halogenated alkanes) is 2. The van der Waals surface area contributed by atoms with Crippen molar-refractivity contribution in [2.45, 2.75) is 103 Å². The van der Waals surface area contributed by atoms with Gasteiger partial charge in [-0.25, -0.2) is 4.79 Å². The zero-order valence-corrected chi connectivity index (χ0v) is 28.0. The Morgan fingerprint density at radius 3 is 1.74 bits per heavy atom. The van der Waals surface area contributed by atoms with Crippen molar-refractivity contribution in [2.75, 3.05) is 32.0 Å². The number of aryl methyl sites for hydroxylation is 1. The van der Waals surface area contributed by atoms with E-state index in [2.05, 4.69) is 31.9 Å². The molecule has 0 aliphatic heterocycles. The highest BCUT2D eigenvalue weighted by molar-refractivity contribution is 5.99. The predicted molar refractivity (Wildman–Crippen MR) is 181 cm³/mol. The molecule has 0 aliphatic rings. The standard InChI is InChI=1S/C32H57N9O5/c1-5-22-14-16-23(17-15-22)38-29(43)26(13-10-20-37-32(35)46)40-31(45)27(21(2)3)41-30(44)25(12-7-9-19-34)39-28(42)24(36-4)11-6-8-18-33/h14-17,21,24-27,36H,5-13,18-20,33-34H2,1-4H3,(H,38,43)(H,39,42)(H,40,45)(H,41,44)(H3,35,37,46)/t24-,25-,26-,27-/m0/s1. The summed E-state index contributed by atoms with van der Waals surface area (Å²) in [5.41, 5.74) is 18.1. The maximum Gasteiger partial charge on any atom is 0.312 e. The van der Waals surface area contributed by atoms with Crippen LogP contribution in [0.2, 0.25) is 0 Å². The first-order valence-corrected chi connectivity index (χ1v) is 16.4. The second-order valence-electron chi connectivity index (χ2n) is 11.7. The molecule has 4 atom stereocenters. The van der Waals surface area contributed by atoms with Crippen molar-refractivity contribution in [3.05, 3.63) is 29.8 Å². The van der Waals surface area contributed by atoms with Crippen LogP contribution in [0.5, 0.6) is 0 Å². The van der Waals surface area contributed by atoms with Gasteiger partial charge >= 0.3 is 6.03 Å². The fourth-order valence-corrected chi connectivity index (χ4v) is 4.82. The number of primary amides is 1. The van der Waals surface area contributed by atoms with Gasteiger partial charge in [0.15, 0.2) is 0 Å². The molecule has 0 saturated carbocycles. The minimum absolute atomic E-state index is 0.205. The molecule has 1 rings (SSSR count). The van der Waals surface area contributed by atoms with Crippen molar-refractivity contribution in [1.82, 2.24) is 26.6 Å². The molecule has 0 radical (unpaired) electrons. The molecule has 0 fully saturated rings. The van der Waals surface area contributed by atoms with Crippen LogP contribution >= 0.6 is 0 Å². The van der Waals surface area contributed by atoms with Gasteiger partial charge in [0, 0.05) is 12.2 Å². The zero-order valence-electron chi connectivity index (χ0n) is 28.0. The monoisotopic (exact) mass is 647 g/mol. The van der Waals surface area contributed by atoms with E-state index in [1.54, 1.807) is 33.0 Å². The van der Waals surface area contributed by atoms with Crippen LogP contribution in [-0.4, -0.2) is 80.5 Å². The Hall–Kier alpha value is -3.75. The third-order valence-electron chi connectivity index (χ3n) is 7.67. The van der Waals surface area contributed by atoms with Crippen LogP contribution in [0.15, 0.2) is 24.3 Å². The molecule has 12 N–H and O–H groups in total. The zero-order chi connectivity index (χ0) is 34.5. The van der Waals surface area contributed by atoms with E-state index < -0.39 is 47.9 Å². The van der Waals surface area contributed by atoms with E-state index in [1.807, 2.05) is 19.1 Å². The van der Waals surface area contributed by atoms with Gasteiger partial charge in [0.1, 0.15) is 18.1 Å². The lowest BCUT2D eigenvalue weighted by molar-refractivity contribution is -0.134. The smallest absolute Gasteiger partial charge is 0.312 e. The third kappa shape index (κ3) is 15.5. The second-order valence-corrected chi connectivity index (χ2v) is 11.7. The van der Waals surface area contributed by atoms with Crippen molar-refractivity contribution >= 4 is 35.3 Å². The molecule has 14 heteroatoms. The van der Waals surface area contributed by atoms with Gasteiger partial charge < -0.3 is 49.1 Å². The number of hydrogen-bond acceptors (Lipinski definition) is 8. The molecule has 6 amide bonds. The summed E-state index contributed by atoms with van der Waals surface area (Å²) in [4.78, 5) is 64.6. The Kier molecular flexibility index (Phi) is 19.9. The number of carbonyl (C=O) groups excluding carboxylic acids is 5. The summed E-state index contributed by atoms with van der Waals surface area (Å²) in [5.74, 6) is -2.14. The van der Waals surface area contributed by atoms with E-state index in [1.165, 1.54) is 0 Å². The Labute approximate surface area is 273 Å². The summed E-state index contributed by atoms with van der Waals surface area (Å²) in [6.07, 6.45) is 5.14. The van der Waals surface area contributed by atoms with Crippen LogP contribution in [0.25, 0.3) is 0 Å². The number of nitrogens with one attached hydrogen (secondary N) is 6. The van der Waals surface area contributed by atoms with Gasteiger partial charge in [-0.15, -0.1) is 0 Å². The third-order valence-corrected chi connectivity index (χ3v) is 7.67. The highest BCUT2D eigenvalue weighted by atomic mass is 16.2. The van der Waals surface area contributed by atoms with Gasteiger partial charge in [-0.3, -0.25) is 19.2 Å². The summed E-state index contributed by atoms with van der Waals surface area (Å²) in [5, 5.41) is 16.8. The minimum atomic E-state index is -0.992. The molecule has 14 nitrogen and oxygen atoms in total. The molecule has 0 aliphatic carbocycles. The second kappa shape index (κ2) is 22.7. The number of urea groups is 1. The molecule has 1 aromatic rings. The fraction of sp³-hybridized carbons (Fsp3) is 0.656. The van der Waals surface area contributed by atoms with Gasteiger partial charge in [0.05, 0.1) is 6.04 Å². The molecular weight excluding hydrogens is 590 g/mol. The van der Waals surface area contributed by atoms with Crippen molar-refractivity contribution in [1.29, 1.82) is 0 Å². The number of nitrogens with two attached hydrogens (primary N) is 3. The number of rotatable bonds is 23. The highest BCUT2D eigenvalue weighted by Crippen LogP contribution is 2.13. The van der Waals surface area contributed by atoms with E-state index in [-0.39, 0.29) is 24.8 Å². The van der Waals surface area contributed by atoms with E-state index in [9.17, 15) is 24.0 Å². The lowest BCUT2D eigenvalue weighted by atomic mass is 10.0. The number of anilines is 1. The summed E-state index contributed by atoms with van der Waals surface area (Å²) in [7, 11) is 1.69. The van der Waals surface area contributed by atoms with Crippen molar-refractivity contribution < 1.29 is 24.0 Å². The summed E-state index contributed by atoms with van der Waals surface area (Å²) >= 11 is 0. The van der Waals surface area contributed by atoms with Crippen molar-refractivity contribution in [2.24, 2.45) is 23.1 Å². The topological polar surface area (TPSA) is 236 Å². The van der Waals surface area contributed by atoms with Crippen molar-refractivity contribution in [3.63, 3.8) is 0 Å². The Morgan fingerprint density at radius 1 is 0.696 bits per heavy atom. The Balaban J connectivity index is 3.08. The Bertz CT molecular complexity index is 1080. The van der Waals surface area contributed by atoms with E-state index in [0.717, 1.165) is 24.8 Å². The largest absolute Gasteiger partial charge is 0.352 e. The molecule has 0 bridgehead atoms. The van der Waals surface area contributed by atoms with Crippen LogP contribution in [-0.2, 0) is 25.6 Å². The maximum atomic E-state index is 13.6. The first-order valence-electron chi connectivity index (χ1n) is 16.4. The van der Waals surface area contributed by atoms with E-state index in [0.29, 0.717) is 50.9 Å². The molecule has 0 unspecified atom stereocenters. The molecular formula is C32H57N9O5. The first-order chi connectivity index (χ1) is 22.0. The number of carbonyl (C=O) groups is 5. The van der Waals surface area contributed by atoms with Crippen LogP contribution in [0, 0.1) is 5.92 Å². The molecule has 0 aromatic heterocycles. The lowest BCUT2D eigenvalue weighted by Crippen LogP contribution is -2.58. The molecule has 0 heterocycles. The van der Waals surface area contributed by atoms with Crippen LogP contribution in [0.4, 0.5) is 10.5 Å². The molecule has 1 aromatic carbocycles. The molecule has 0 saturated heterocycles. The van der Waals surface area contributed by atoms with Gasteiger partial charge in [-0.05, 0) is 95.1 Å². The van der Waals surface area contributed by atoms with Gasteiger partial charge in [0.25, 0.3) is 0 Å². The van der Waals surface area contributed by atoms with E-state index >= 15 is 0 Å². The fourth-order valence-electron chi connectivity index (χ4n) is 4.82. The van der Waals surface area contributed by atoms with Gasteiger partial charge in [-0.2, -0.15) is 0 Å². The first kappa shape index (κ1) is 40.3. The average molecular weight is 648 g/mol. The van der Waals surface area contributed by atoms with Gasteiger partial charge in [-0.1, -0.05) is 39.3 Å². The number of benzene rings is 1. The number of amides is 6. The quantitative estimate of drug-likeness (QED) is 0.0761. The van der Waals surface area contributed by atoms with Crippen molar-refractivity contribution in [3.8, 4) is 0 Å². The summed E-state index contributed by atoms with van der Waals surface area (Å²) in [6, 6.07) is 3.37. The Morgan fingerprint density at radius 2 is 1.22 bits per heavy atom. The van der Waals surface area contributed by atoms with Crippen LogP contribution < -0.4 is 49.1 Å². The van der Waals surface area contributed by atoms with Crippen LogP contribution in [0.1, 0.15) is 77.7 Å². The predicted octanol–water partition coefficient (Wildman–Crippen LogP) is 0.592. The van der Waals surface area contributed by atoms with Crippen LogP contribution in [0.3, 0.4) is 0 Å². The molecule has 0 spiro atoms. The molecule has 46 heavy (non-hydrogen) atoms. The number of hydrogen-bond donors (Lipinski definition) is 9. The normalized spacial score (nSPS) is 13.6. The maximum absolute atomic E-state index is 13.6. The summed E-state index contributed by atoms with van der Waals surface area (Å²) in [6.45, 7) is 6.78. The van der Waals surface area contributed by atoms with Gasteiger partial charge in [0.2, 0.25) is 23.6 Å². The SMILES string of the molecule is CCc1ccc(NC(=O)[C@H](CCCNC(N)=O)NC(=O)[C@@H](NC(=O)[C@H](CCCCN)NC(=O)[C@H](CCCCN)NC)C(C)C)cc1. The number of likely N-dealkylation sites (N-methyl/N-ethyl adjacent to an activating group) is 1. The lowest BCUT2D eigenvalue weighted by Gasteiger charge is -2.28. The minimum Gasteiger partial charge on any atom is -0.352 e. The highest BCUT2D eigenvalue weighted by Gasteiger charge is 2.32. The molecule has 260 valence electrons.